The lowest BCUT2D eigenvalue weighted by Gasteiger charge is -2.32. The van der Waals surface area contributed by atoms with Crippen molar-refractivity contribution in [1.82, 2.24) is 9.55 Å². The van der Waals surface area contributed by atoms with E-state index in [2.05, 4.69) is 6.92 Å². The number of aromatic nitrogens is 2. The number of hydrogen-bond donors (Lipinski definition) is 0. The van der Waals surface area contributed by atoms with E-state index in [0.717, 1.165) is 34.2 Å². The fourth-order valence-corrected chi connectivity index (χ4v) is 4.82. The number of methoxy groups -OCH3 is 1. The Balaban J connectivity index is 1.79. The summed E-state index contributed by atoms with van der Waals surface area (Å²) in [6.07, 6.45) is 0.736. The number of pyridine rings is 2. The van der Waals surface area contributed by atoms with Crippen molar-refractivity contribution < 1.29 is 23.8 Å². The molecule has 0 N–H and O–H groups in total. The average Bonchev–Trinajstić information content (AvgIpc) is 3.13. The van der Waals surface area contributed by atoms with Crippen LogP contribution < -0.4 is 10.3 Å². The molecule has 0 spiro atoms. The van der Waals surface area contributed by atoms with E-state index < -0.39 is 17.0 Å². The van der Waals surface area contributed by atoms with Gasteiger partial charge in [0.25, 0.3) is 5.56 Å². The van der Waals surface area contributed by atoms with Crippen molar-refractivity contribution in [3.05, 3.63) is 56.9 Å². The number of nitrogens with zero attached hydrogens (tertiary/aromatic N) is 2. The zero-order chi connectivity index (χ0) is 22.8. The van der Waals surface area contributed by atoms with Crippen molar-refractivity contribution in [2.45, 2.75) is 39.0 Å². The van der Waals surface area contributed by atoms with Crippen LogP contribution in [0.5, 0.6) is 5.75 Å². The molecule has 1 unspecified atom stereocenters. The maximum Gasteiger partial charge on any atom is 0.405 e. The van der Waals surface area contributed by atoms with E-state index in [1.54, 1.807) is 17.7 Å². The quantitative estimate of drug-likeness (QED) is 0.344. The summed E-state index contributed by atoms with van der Waals surface area (Å²) in [5, 5.41) is 0.968. The van der Waals surface area contributed by atoms with Gasteiger partial charge in [-0.25, -0.2) is 14.6 Å². The van der Waals surface area contributed by atoms with Gasteiger partial charge in [0.15, 0.2) is 0 Å². The van der Waals surface area contributed by atoms with E-state index >= 15 is 0 Å². The topological polar surface area (TPSA) is 96.7 Å². The molecule has 0 saturated heterocycles. The van der Waals surface area contributed by atoms with Gasteiger partial charge in [-0.05, 0) is 43.2 Å². The number of benzene rings is 1. The predicted octanol–water partition coefficient (Wildman–Crippen LogP) is 3.64. The van der Waals surface area contributed by atoms with Gasteiger partial charge in [0.2, 0.25) is 5.60 Å². The molecule has 1 aromatic carbocycles. The standard InChI is InChI=1S/C23H19ClN2O6/c1-4-12-13-7-11(30-3)5-6-17(13)25-19-14(12)9-26-18(19)8-16-15(20(26)27)10-31-21(28)23(16,2)32-22(24)29/h5-8H,4,9-10H2,1-3H3. The third-order valence-electron chi connectivity index (χ3n) is 6.26. The molecule has 5 rings (SSSR count). The van der Waals surface area contributed by atoms with E-state index in [4.69, 9.17) is 30.8 Å². The molecular formula is C23H19ClN2O6. The van der Waals surface area contributed by atoms with Gasteiger partial charge in [0.1, 0.15) is 12.4 Å². The Morgan fingerprint density at radius 3 is 2.75 bits per heavy atom. The number of fused-ring (bicyclic) bond motifs is 5. The lowest BCUT2D eigenvalue weighted by Crippen LogP contribution is -2.45. The van der Waals surface area contributed by atoms with E-state index in [-0.39, 0.29) is 23.3 Å². The Hall–Kier alpha value is -3.39. The van der Waals surface area contributed by atoms with Gasteiger partial charge in [-0.15, -0.1) is 0 Å². The molecule has 0 amide bonds. The summed E-state index contributed by atoms with van der Waals surface area (Å²) in [5.41, 5.74) is 1.24. The highest BCUT2D eigenvalue weighted by molar-refractivity contribution is 6.61. The molecule has 1 atom stereocenters. The second-order valence-electron chi connectivity index (χ2n) is 7.92. The molecule has 164 valence electrons. The van der Waals surface area contributed by atoms with Gasteiger partial charge in [-0.3, -0.25) is 4.79 Å². The number of carbonyl (C=O) groups excluding carboxylic acids is 2. The van der Waals surface area contributed by atoms with E-state index in [0.29, 0.717) is 17.9 Å². The number of aryl methyl sites for hydroxylation is 1. The van der Waals surface area contributed by atoms with Crippen molar-refractivity contribution in [3.8, 4) is 17.1 Å². The number of cyclic esters (lactones) is 1. The molecule has 0 radical (unpaired) electrons. The molecule has 4 heterocycles. The van der Waals surface area contributed by atoms with Crippen LogP contribution in [-0.2, 0) is 39.4 Å². The molecule has 32 heavy (non-hydrogen) atoms. The van der Waals surface area contributed by atoms with Gasteiger partial charge in [0.05, 0.1) is 36.1 Å². The third kappa shape index (κ3) is 2.75. The Morgan fingerprint density at radius 2 is 2.06 bits per heavy atom. The fourth-order valence-electron chi connectivity index (χ4n) is 4.67. The number of ether oxygens (including phenoxy) is 3. The van der Waals surface area contributed by atoms with Crippen LogP contribution in [0.3, 0.4) is 0 Å². The second-order valence-corrected chi connectivity index (χ2v) is 8.22. The van der Waals surface area contributed by atoms with Crippen LogP contribution >= 0.6 is 11.6 Å². The van der Waals surface area contributed by atoms with Crippen molar-refractivity contribution >= 4 is 33.9 Å². The second kappa shape index (κ2) is 7.06. The van der Waals surface area contributed by atoms with Gasteiger partial charge < -0.3 is 18.8 Å². The van der Waals surface area contributed by atoms with E-state index in [1.165, 1.54) is 6.92 Å². The van der Waals surface area contributed by atoms with Crippen molar-refractivity contribution in [2.75, 3.05) is 7.11 Å². The minimum atomic E-state index is -1.82. The van der Waals surface area contributed by atoms with Crippen LogP contribution in [-0.4, -0.2) is 28.1 Å². The number of halogens is 1. The molecule has 3 aromatic rings. The Labute approximate surface area is 187 Å². The Kier molecular flexibility index (Phi) is 4.53. The van der Waals surface area contributed by atoms with Gasteiger partial charge in [0, 0.05) is 28.1 Å². The highest BCUT2D eigenvalue weighted by atomic mass is 35.5. The summed E-state index contributed by atoms with van der Waals surface area (Å²) in [6, 6.07) is 7.35. The smallest absolute Gasteiger partial charge is 0.405 e. The molecule has 9 heteroatoms. The molecule has 0 bridgehead atoms. The number of esters is 1. The molecule has 2 aliphatic rings. The SMILES string of the molecule is CCc1c2c(nc3ccc(OC)cc13)-c1cc3c(c(=O)n1C2)COC(=O)C3(C)OC(=O)Cl. The summed E-state index contributed by atoms with van der Waals surface area (Å²) in [6.45, 7) is 3.57. The lowest BCUT2D eigenvalue weighted by molar-refractivity contribution is -0.168. The normalized spacial score (nSPS) is 18.6. The monoisotopic (exact) mass is 454 g/mol. The van der Waals surface area contributed by atoms with Crippen LogP contribution in [0.15, 0.2) is 29.1 Å². The summed E-state index contributed by atoms with van der Waals surface area (Å²) in [7, 11) is 1.61. The molecule has 8 nitrogen and oxygen atoms in total. The summed E-state index contributed by atoms with van der Waals surface area (Å²) >= 11 is 5.43. The molecule has 2 aromatic heterocycles. The molecule has 0 aliphatic carbocycles. The maximum atomic E-state index is 13.4. The zero-order valence-electron chi connectivity index (χ0n) is 17.7. The van der Waals surface area contributed by atoms with Gasteiger partial charge in [-0.2, -0.15) is 0 Å². The lowest BCUT2D eigenvalue weighted by atomic mass is 9.89. The fraction of sp³-hybridized carbons (Fsp3) is 0.304. The Bertz CT molecular complexity index is 1400. The highest BCUT2D eigenvalue weighted by Crippen LogP contribution is 2.41. The van der Waals surface area contributed by atoms with Gasteiger partial charge >= 0.3 is 11.4 Å². The Morgan fingerprint density at radius 1 is 1.28 bits per heavy atom. The summed E-state index contributed by atoms with van der Waals surface area (Å²) < 4.78 is 17.3. The van der Waals surface area contributed by atoms with Crippen LogP contribution in [0.4, 0.5) is 4.79 Å². The first-order valence-corrected chi connectivity index (χ1v) is 10.5. The number of rotatable bonds is 3. The highest BCUT2D eigenvalue weighted by Gasteiger charge is 2.48. The van der Waals surface area contributed by atoms with Crippen LogP contribution in [0.1, 0.15) is 36.1 Å². The third-order valence-corrected chi connectivity index (χ3v) is 6.34. The first kappa shape index (κ1) is 20.5. The van der Waals surface area contributed by atoms with E-state index in [1.807, 2.05) is 18.2 Å². The van der Waals surface area contributed by atoms with Crippen LogP contribution in [0.25, 0.3) is 22.3 Å². The van der Waals surface area contributed by atoms with Crippen LogP contribution in [0, 0.1) is 0 Å². The van der Waals surface area contributed by atoms with Gasteiger partial charge in [-0.1, -0.05) is 6.92 Å². The van der Waals surface area contributed by atoms with E-state index in [9.17, 15) is 14.4 Å². The zero-order valence-corrected chi connectivity index (χ0v) is 18.4. The largest absolute Gasteiger partial charge is 0.497 e. The number of hydrogen-bond acceptors (Lipinski definition) is 7. The van der Waals surface area contributed by atoms with Crippen LogP contribution in [0.2, 0.25) is 0 Å². The molecule has 2 aliphatic heterocycles. The predicted molar refractivity (Wildman–Crippen MR) is 116 cm³/mol. The van der Waals surface area contributed by atoms with Crippen molar-refractivity contribution in [3.63, 3.8) is 0 Å². The maximum absolute atomic E-state index is 13.4. The number of carbonyl (C=O) groups is 2. The minimum Gasteiger partial charge on any atom is -0.497 e. The van der Waals surface area contributed by atoms with Crippen molar-refractivity contribution in [1.29, 1.82) is 0 Å². The molecule has 0 saturated carbocycles. The van der Waals surface area contributed by atoms with Crippen molar-refractivity contribution in [2.24, 2.45) is 0 Å². The summed E-state index contributed by atoms with van der Waals surface area (Å²) in [5.74, 6) is -0.0548. The minimum absolute atomic E-state index is 0.202. The molecular weight excluding hydrogens is 436 g/mol. The first-order chi connectivity index (χ1) is 15.3. The average molecular weight is 455 g/mol. The first-order valence-electron chi connectivity index (χ1n) is 10.1. The summed E-state index contributed by atoms with van der Waals surface area (Å²) in [4.78, 5) is 42.2. The molecule has 0 fully saturated rings.